The van der Waals surface area contributed by atoms with Crippen molar-refractivity contribution in [1.29, 1.82) is 0 Å². The maximum absolute atomic E-state index is 10.6. The molecule has 0 radical (unpaired) electrons. The summed E-state index contributed by atoms with van der Waals surface area (Å²) in [5.74, 6) is 0.563. The highest BCUT2D eigenvalue weighted by Gasteiger charge is 2.34. The van der Waals surface area contributed by atoms with Gasteiger partial charge in [0.15, 0.2) is 0 Å². The molecule has 0 saturated heterocycles. The first kappa shape index (κ1) is 11.8. The molecule has 6 nitrogen and oxygen atoms in total. The summed E-state index contributed by atoms with van der Waals surface area (Å²) < 4.78 is 0. The number of rotatable bonds is 4. The Morgan fingerprint density at radius 3 is 2.82 bits per heavy atom. The average molecular weight is 237 g/mol. The highest BCUT2D eigenvalue weighted by atomic mass is 16.6. The summed E-state index contributed by atoms with van der Waals surface area (Å²) in [6.45, 7) is 2.11. The van der Waals surface area contributed by atoms with E-state index in [-0.39, 0.29) is 5.69 Å². The number of aliphatic hydroxyl groups is 1. The van der Waals surface area contributed by atoms with Crippen LogP contribution in [0.2, 0.25) is 0 Å². The molecule has 0 aliphatic heterocycles. The molecule has 0 amide bonds. The number of aryl methyl sites for hydroxylation is 1. The van der Waals surface area contributed by atoms with Gasteiger partial charge in [0.2, 0.25) is 0 Å². The van der Waals surface area contributed by atoms with E-state index in [9.17, 15) is 15.2 Å². The summed E-state index contributed by atoms with van der Waals surface area (Å²) in [6.07, 6.45) is 3.88. The third-order valence-corrected chi connectivity index (χ3v) is 3.16. The van der Waals surface area contributed by atoms with Gasteiger partial charge in [0.1, 0.15) is 12.0 Å². The Kier molecular flexibility index (Phi) is 2.97. The maximum atomic E-state index is 10.6. The topological polar surface area (TPSA) is 88.3 Å². The van der Waals surface area contributed by atoms with E-state index in [4.69, 9.17) is 0 Å². The van der Waals surface area contributed by atoms with Gasteiger partial charge < -0.3 is 10.4 Å². The van der Waals surface area contributed by atoms with Crippen LogP contribution < -0.4 is 5.32 Å². The SMILES string of the molecule is Cc1cc(NCC2(O)CCC2)ncc1[N+](=O)[O-]. The summed E-state index contributed by atoms with van der Waals surface area (Å²) >= 11 is 0. The zero-order chi connectivity index (χ0) is 12.5. The van der Waals surface area contributed by atoms with Crippen LogP contribution in [0.5, 0.6) is 0 Å². The van der Waals surface area contributed by atoms with Crippen LogP contribution in [0.25, 0.3) is 0 Å². The zero-order valence-corrected chi connectivity index (χ0v) is 9.64. The van der Waals surface area contributed by atoms with Gasteiger partial charge in [-0.15, -0.1) is 0 Å². The van der Waals surface area contributed by atoms with Crippen LogP contribution in [0.3, 0.4) is 0 Å². The van der Waals surface area contributed by atoms with E-state index in [0.29, 0.717) is 17.9 Å². The van der Waals surface area contributed by atoms with Crippen molar-refractivity contribution in [1.82, 2.24) is 4.98 Å². The zero-order valence-electron chi connectivity index (χ0n) is 9.64. The summed E-state index contributed by atoms with van der Waals surface area (Å²) in [5, 5.41) is 23.5. The first-order valence-corrected chi connectivity index (χ1v) is 5.57. The van der Waals surface area contributed by atoms with Crippen molar-refractivity contribution in [2.75, 3.05) is 11.9 Å². The molecule has 1 aromatic heterocycles. The predicted octanol–water partition coefficient (Wildman–Crippen LogP) is 1.63. The molecule has 2 rings (SSSR count). The van der Waals surface area contributed by atoms with E-state index in [1.807, 2.05) is 0 Å². The van der Waals surface area contributed by atoms with E-state index in [1.54, 1.807) is 13.0 Å². The summed E-state index contributed by atoms with van der Waals surface area (Å²) in [4.78, 5) is 14.1. The molecule has 1 fully saturated rings. The van der Waals surface area contributed by atoms with Gasteiger partial charge in [-0.1, -0.05) is 0 Å². The summed E-state index contributed by atoms with van der Waals surface area (Å²) in [7, 11) is 0. The number of nitrogens with zero attached hydrogens (tertiary/aromatic N) is 2. The van der Waals surface area contributed by atoms with Crippen molar-refractivity contribution >= 4 is 11.5 Å². The first-order chi connectivity index (χ1) is 8.00. The maximum Gasteiger partial charge on any atom is 0.290 e. The molecule has 2 N–H and O–H groups in total. The molecule has 0 spiro atoms. The molecule has 0 atom stereocenters. The van der Waals surface area contributed by atoms with Crippen LogP contribution in [0.4, 0.5) is 11.5 Å². The highest BCUT2D eigenvalue weighted by molar-refractivity contribution is 5.47. The minimum Gasteiger partial charge on any atom is -0.388 e. The fourth-order valence-corrected chi connectivity index (χ4v) is 1.85. The predicted molar refractivity (Wildman–Crippen MR) is 62.9 cm³/mol. The number of hydrogen-bond acceptors (Lipinski definition) is 5. The van der Waals surface area contributed by atoms with Gasteiger partial charge in [-0.05, 0) is 32.3 Å². The molecule has 0 bridgehead atoms. The first-order valence-electron chi connectivity index (χ1n) is 5.57. The Bertz CT molecular complexity index is 444. The third kappa shape index (κ3) is 2.52. The monoisotopic (exact) mass is 237 g/mol. The van der Waals surface area contributed by atoms with Gasteiger partial charge in [0.05, 0.1) is 10.5 Å². The van der Waals surface area contributed by atoms with E-state index in [1.165, 1.54) is 6.20 Å². The number of anilines is 1. The van der Waals surface area contributed by atoms with E-state index < -0.39 is 10.5 Å². The lowest BCUT2D eigenvalue weighted by atomic mass is 9.80. The average Bonchev–Trinajstić information content (AvgIpc) is 2.23. The van der Waals surface area contributed by atoms with Crippen molar-refractivity contribution < 1.29 is 10.0 Å². The standard InChI is InChI=1S/C11H15N3O3/c1-8-5-10(12-6-9(8)14(16)17)13-7-11(15)3-2-4-11/h5-6,15H,2-4,7H2,1H3,(H,12,13). The smallest absolute Gasteiger partial charge is 0.290 e. The Morgan fingerprint density at radius 1 is 1.65 bits per heavy atom. The van der Waals surface area contributed by atoms with Crippen molar-refractivity contribution in [2.45, 2.75) is 31.8 Å². The molecule has 1 aliphatic rings. The van der Waals surface area contributed by atoms with Crippen molar-refractivity contribution in [3.63, 3.8) is 0 Å². The summed E-state index contributed by atoms with van der Waals surface area (Å²) in [5.41, 5.74) is -0.0526. The van der Waals surface area contributed by atoms with Gasteiger partial charge in [-0.25, -0.2) is 4.98 Å². The molecule has 1 aromatic rings. The van der Waals surface area contributed by atoms with Gasteiger partial charge in [0.25, 0.3) is 5.69 Å². The van der Waals surface area contributed by atoms with Crippen LogP contribution in [-0.4, -0.2) is 27.2 Å². The quantitative estimate of drug-likeness (QED) is 0.613. The van der Waals surface area contributed by atoms with Crippen molar-refractivity contribution in [3.8, 4) is 0 Å². The van der Waals surface area contributed by atoms with Gasteiger partial charge in [0, 0.05) is 12.1 Å². The normalized spacial score (nSPS) is 17.3. The van der Waals surface area contributed by atoms with Crippen LogP contribution in [0.15, 0.2) is 12.3 Å². The Morgan fingerprint density at radius 2 is 2.35 bits per heavy atom. The lowest BCUT2D eigenvalue weighted by Crippen LogP contribution is -2.43. The summed E-state index contributed by atoms with van der Waals surface area (Å²) in [6, 6.07) is 1.63. The number of hydrogen-bond donors (Lipinski definition) is 2. The van der Waals surface area contributed by atoms with Crippen LogP contribution in [-0.2, 0) is 0 Å². The van der Waals surface area contributed by atoms with E-state index in [2.05, 4.69) is 10.3 Å². The van der Waals surface area contributed by atoms with Crippen molar-refractivity contribution in [3.05, 3.63) is 27.9 Å². The number of aromatic nitrogens is 1. The highest BCUT2D eigenvalue weighted by Crippen LogP contribution is 2.31. The van der Waals surface area contributed by atoms with Crippen LogP contribution in [0, 0.1) is 17.0 Å². The molecule has 0 aromatic carbocycles. The van der Waals surface area contributed by atoms with Gasteiger partial charge in [-0.2, -0.15) is 0 Å². The number of nitro groups is 1. The molecule has 17 heavy (non-hydrogen) atoms. The Labute approximate surface area is 98.8 Å². The molecular formula is C11H15N3O3. The van der Waals surface area contributed by atoms with Crippen LogP contribution >= 0.6 is 0 Å². The molecular weight excluding hydrogens is 222 g/mol. The molecule has 1 aliphatic carbocycles. The van der Waals surface area contributed by atoms with E-state index in [0.717, 1.165) is 19.3 Å². The van der Waals surface area contributed by atoms with Gasteiger partial charge >= 0.3 is 0 Å². The van der Waals surface area contributed by atoms with Crippen molar-refractivity contribution in [2.24, 2.45) is 0 Å². The lowest BCUT2D eigenvalue weighted by molar-refractivity contribution is -0.385. The molecule has 92 valence electrons. The lowest BCUT2D eigenvalue weighted by Gasteiger charge is -2.36. The fourth-order valence-electron chi connectivity index (χ4n) is 1.85. The molecule has 0 unspecified atom stereocenters. The second kappa shape index (κ2) is 4.29. The van der Waals surface area contributed by atoms with Gasteiger partial charge in [-0.3, -0.25) is 10.1 Å². The number of nitrogens with one attached hydrogen (secondary N) is 1. The Hall–Kier alpha value is -1.69. The fraction of sp³-hybridized carbons (Fsp3) is 0.545. The Balaban J connectivity index is 2.02. The minimum absolute atomic E-state index is 0.0119. The minimum atomic E-state index is -0.628. The van der Waals surface area contributed by atoms with E-state index >= 15 is 0 Å². The second-order valence-electron chi connectivity index (χ2n) is 4.54. The third-order valence-electron chi connectivity index (χ3n) is 3.16. The molecule has 6 heteroatoms. The number of pyridine rings is 1. The van der Waals surface area contributed by atoms with Crippen LogP contribution in [0.1, 0.15) is 24.8 Å². The molecule has 1 saturated carbocycles. The molecule has 1 heterocycles. The second-order valence-corrected chi connectivity index (χ2v) is 4.54. The largest absolute Gasteiger partial charge is 0.388 e.